The van der Waals surface area contributed by atoms with Crippen LogP contribution in [0.2, 0.25) is 0 Å². The molecule has 1 fully saturated rings. The predicted octanol–water partition coefficient (Wildman–Crippen LogP) is 1.98. The first-order valence-electron chi connectivity index (χ1n) is 7.08. The zero-order valence-corrected chi connectivity index (χ0v) is 14.0. The Hall–Kier alpha value is -1.08. The molecule has 2 N–H and O–H groups in total. The van der Waals surface area contributed by atoms with Gasteiger partial charge in [0, 0.05) is 23.8 Å². The summed E-state index contributed by atoms with van der Waals surface area (Å²) in [6, 6.07) is 5.53. The first-order chi connectivity index (χ1) is 10.0. The summed E-state index contributed by atoms with van der Waals surface area (Å²) in [5, 5.41) is -0.513. The summed E-state index contributed by atoms with van der Waals surface area (Å²) in [7, 11) is -3.15. The van der Waals surface area contributed by atoms with E-state index in [2.05, 4.69) is 0 Å². The standard InChI is InChI=1S/C14H22N2O3S2/c1-3-19-12-7-5-6-11(14(12)15)16-8-9-20-10-13(16)21(17,18)4-2/h5-7,13H,3-4,8-10,15H2,1-2H3. The van der Waals surface area contributed by atoms with Gasteiger partial charge in [-0.05, 0) is 19.1 Å². The lowest BCUT2D eigenvalue weighted by molar-refractivity contribution is 0.342. The summed E-state index contributed by atoms with van der Waals surface area (Å²) in [4.78, 5) is 1.91. The Morgan fingerprint density at radius 1 is 1.43 bits per heavy atom. The van der Waals surface area contributed by atoms with E-state index in [1.54, 1.807) is 18.7 Å². The van der Waals surface area contributed by atoms with E-state index in [1.807, 2.05) is 30.0 Å². The molecule has 1 unspecified atom stereocenters. The number of nitrogens with two attached hydrogens (primary N) is 1. The molecule has 1 aliphatic rings. The summed E-state index contributed by atoms with van der Waals surface area (Å²) in [6.45, 7) is 4.79. The third-order valence-corrected chi connectivity index (χ3v) is 6.84. The molecular weight excluding hydrogens is 308 g/mol. The molecule has 1 aliphatic heterocycles. The van der Waals surface area contributed by atoms with Crippen LogP contribution in [0.1, 0.15) is 13.8 Å². The number of rotatable bonds is 5. The topological polar surface area (TPSA) is 72.6 Å². The van der Waals surface area contributed by atoms with Crippen LogP contribution >= 0.6 is 11.8 Å². The molecule has 0 spiro atoms. The molecule has 0 aliphatic carbocycles. The summed E-state index contributed by atoms with van der Waals surface area (Å²) < 4.78 is 30.2. The quantitative estimate of drug-likeness (QED) is 0.832. The van der Waals surface area contributed by atoms with Gasteiger partial charge in [0.15, 0.2) is 9.84 Å². The van der Waals surface area contributed by atoms with Crippen LogP contribution in [0.5, 0.6) is 5.75 Å². The number of thioether (sulfide) groups is 1. The van der Waals surface area contributed by atoms with Gasteiger partial charge in [0.25, 0.3) is 0 Å². The fraction of sp³-hybridized carbons (Fsp3) is 0.571. The molecule has 1 aromatic rings. The highest BCUT2D eigenvalue weighted by Gasteiger charge is 2.34. The highest BCUT2D eigenvalue weighted by molar-refractivity contribution is 8.01. The highest BCUT2D eigenvalue weighted by Crippen LogP contribution is 2.36. The normalized spacial score (nSPS) is 19.5. The van der Waals surface area contributed by atoms with Crippen molar-refractivity contribution >= 4 is 33.0 Å². The molecule has 21 heavy (non-hydrogen) atoms. The van der Waals surface area contributed by atoms with Crippen molar-refractivity contribution in [3.05, 3.63) is 18.2 Å². The van der Waals surface area contributed by atoms with E-state index in [0.717, 1.165) is 11.4 Å². The summed E-state index contributed by atoms with van der Waals surface area (Å²) in [6.07, 6.45) is 0. The number of ether oxygens (including phenoxy) is 1. The van der Waals surface area contributed by atoms with Crippen LogP contribution in [0.15, 0.2) is 18.2 Å². The molecule has 5 nitrogen and oxygen atoms in total. The van der Waals surface area contributed by atoms with Crippen LogP contribution in [0.25, 0.3) is 0 Å². The number of nitrogen functional groups attached to an aromatic ring is 1. The van der Waals surface area contributed by atoms with Crippen LogP contribution in [-0.4, -0.2) is 44.2 Å². The van der Waals surface area contributed by atoms with Crippen molar-refractivity contribution in [2.45, 2.75) is 19.2 Å². The Labute approximate surface area is 130 Å². The van der Waals surface area contributed by atoms with Gasteiger partial charge in [0.1, 0.15) is 11.1 Å². The number of nitrogens with zero attached hydrogens (tertiary/aromatic N) is 1. The van der Waals surface area contributed by atoms with E-state index in [4.69, 9.17) is 10.5 Å². The van der Waals surface area contributed by atoms with Crippen molar-refractivity contribution < 1.29 is 13.2 Å². The molecule has 0 radical (unpaired) electrons. The molecule has 1 saturated heterocycles. The number of anilines is 2. The minimum Gasteiger partial charge on any atom is -0.492 e. The zero-order chi connectivity index (χ0) is 15.5. The predicted molar refractivity (Wildman–Crippen MR) is 89.9 cm³/mol. The van der Waals surface area contributed by atoms with Gasteiger partial charge in [0.05, 0.1) is 18.0 Å². The van der Waals surface area contributed by atoms with Crippen molar-refractivity contribution in [1.82, 2.24) is 0 Å². The fourth-order valence-electron chi connectivity index (χ4n) is 2.41. The summed E-state index contributed by atoms with van der Waals surface area (Å²) in [5.41, 5.74) is 7.45. The smallest absolute Gasteiger partial charge is 0.171 e. The van der Waals surface area contributed by atoms with Crippen LogP contribution in [0, 0.1) is 0 Å². The third kappa shape index (κ3) is 3.40. The molecule has 0 bridgehead atoms. The lowest BCUT2D eigenvalue weighted by atomic mass is 10.2. The van der Waals surface area contributed by atoms with Gasteiger partial charge in [-0.15, -0.1) is 0 Å². The van der Waals surface area contributed by atoms with E-state index in [0.29, 0.717) is 30.3 Å². The minimum absolute atomic E-state index is 0.139. The molecule has 1 atom stereocenters. The molecule has 1 heterocycles. The van der Waals surface area contributed by atoms with Crippen LogP contribution in [0.3, 0.4) is 0 Å². The van der Waals surface area contributed by atoms with Gasteiger partial charge in [0.2, 0.25) is 0 Å². The van der Waals surface area contributed by atoms with E-state index in [9.17, 15) is 8.42 Å². The number of sulfone groups is 1. The number of hydrogen-bond donors (Lipinski definition) is 1. The Kier molecular flexibility index (Phi) is 5.27. The maximum absolute atomic E-state index is 12.3. The molecule has 2 rings (SSSR count). The van der Waals surface area contributed by atoms with Crippen molar-refractivity contribution in [1.29, 1.82) is 0 Å². The van der Waals surface area contributed by atoms with Gasteiger partial charge in [-0.2, -0.15) is 11.8 Å². The van der Waals surface area contributed by atoms with Gasteiger partial charge < -0.3 is 15.4 Å². The molecule has 7 heteroatoms. The van der Waals surface area contributed by atoms with E-state index < -0.39 is 15.2 Å². The van der Waals surface area contributed by atoms with Crippen LogP contribution < -0.4 is 15.4 Å². The molecule has 118 valence electrons. The maximum atomic E-state index is 12.3. The van der Waals surface area contributed by atoms with E-state index in [-0.39, 0.29) is 5.75 Å². The monoisotopic (exact) mass is 330 g/mol. The van der Waals surface area contributed by atoms with Crippen molar-refractivity contribution in [3.63, 3.8) is 0 Å². The Balaban J connectivity index is 2.40. The van der Waals surface area contributed by atoms with Crippen molar-refractivity contribution in [2.75, 3.05) is 41.0 Å². The van der Waals surface area contributed by atoms with Gasteiger partial charge in [-0.1, -0.05) is 13.0 Å². The van der Waals surface area contributed by atoms with Gasteiger partial charge >= 0.3 is 0 Å². The van der Waals surface area contributed by atoms with Gasteiger partial charge in [-0.3, -0.25) is 0 Å². The average Bonchev–Trinajstić information content (AvgIpc) is 2.50. The molecular formula is C14H22N2O3S2. The van der Waals surface area contributed by atoms with Crippen LogP contribution in [0.4, 0.5) is 11.4 Å². The van der Waals surface area contributed by atoms with Crippen molar-refractivity contribution in [2.24, 2.45) is 0 Å². The maximum Gasteiger partial charge on any atom is 0.171 e. The molecule has 0 saturated carbocycles. The van der Waals surface area contributed by atoms with E-state index in [1.165, 1.54) is 0 Å². The van der Waals surface area contributed by atoms with Crippen molar-refractivity contribution in [3.8, 4) is 5.75 Å². The number of hydrogen-bond acceptors (Lipinski definition) is 6. The average molecular weight is 330 g/mol. The highest BCUT2D eigenvalue weighted by atomic mass is 32.2. The SMILES string of the molecule is CCOc1cccc(N2CCSCC2S(=O)(=O)CC)c1N. The third-order valence-electron chi connectivity index (χ3n) is 3.55. The first kappa shape index (κ1) is 16.3. The first-order valence-corrected chi connectivity index (χ1v) is 9.95. The second-order valence-electron chi connectivity index (χ2n) is 4.80. The Morgan fingerprint density at radius 2 is 2.19 bits per heavy atom. The second kappa shape index (κ2) is 6.79. The Morgan fingerprint density at radius 3 is 2.86 bits per heavy atom. The summed E-state index contributed by atoms with van der Waals surface area (Å²) in [5.74, 6) is 2.23. The van der Waals surface area contributed by atoms with Gasteiger partial charge in [-0.25, -0.2) is 8.42 Å². The summed E-state index contributed by atoms with van der Waals surface area (Å²) >= 11 is 1.67. The minimum atomic E-state index is -3.15. The second-order valence-corrected chi connectivity index (χ2v) is 8.39. The fourth-order valence-corrected chi connectivity index (χ4v) is 5.39. The van der Waals surface area contributed by atoms with E-state index >= 15 is 0 Å². The molecule has 0 aromatic heterocycles. The van der Waals surface area contributed by atoms with Crippen LogP contribution in [-0.2, 0) is 9.84 Å². The lowest BCUT2D eigenvalue weighted by Gasteiger charge is -2.37. The Bertz CT molecular complexity index is 590. The zero-order valence-electron chi connectivity index (χ0n) is 12.4. The molecule has 0 amide bonds. The number of para-hydroxylation sites is 1. The molecule has 1 aromatic carbocycles. The number of benzene rings is 1. The largest absolute Gasteiger partial charge is 0.492 e. The lowest BCUT2D eigenvalue weighted by Crippen LogP contribution is -2.48.